The van der Waals surface area contributed by atoms with E-state index in [0.717, 1.165) is 5.56 Å². The van der Waals surface area contributed by atoms with Crippen molar-refractivity contribution in [3.8, 4) is 0 Å². The molecule has 280 valence electrons. The Hall–Kier alpha value is -4.81. The third-order valence-electron chi connectivity index (χ3n) is 7.43. The Kier molecular flexibility index (Phi) is 20.3. The Morgan fingerprint density at radius 3 is 1.90 bits per heavy atom. The van der Waals surface area contributed by atoms with Crippen molar-refractivity contribution < 1.29 is 33.9 Å². The van der Waals surface area contributed by atoms with Gasteiger partial charge < -0.3 is 59.9 Å². The van der Waals surface area contributed by atoms with E-state index in [-0.39, 0.29) is 44.1 Å². The normalized spacial score (nSPS) is 13.9. The van der Waals surface area contributed by atoms with Crippen LogP contribution >= 0.6 is 0 Å². The highest BCUT2D eigenvalue weighted by molar-refractivity contribution is 5.96. The van der Waals surface area contributed by atoms with Crippen molar-refractivity contribution >= 4 is 41.4 Å². The first-order chi connectivity index (χ1) is 23.7. The summed E-state index contributed by atoms with van der Waals surface area (Å²) in [5.41, 5.74) is 22.6. The minimum atomic E-state index is -1.43. The van der Waals surface area contributed by atoms with Gasteiger partial charge in [-0.15, -0.1) is 0 Å². The summed E-state index contributed by atoms with van der Waals surface area (Å²) in [6, 6.07) is 2.95. The number of benzene rings is 1. The van der Waals surface area contributed by atoms with Crippen LogP contribution in [0.25, 0.3) is 0 Å². The number of primary amides is 1. The highest BCUT2D eigenvalue weighted by atomic mass is 16.3. The third-order valence-corrected chi connectivity index (χ3v) is 7.43. The molecule has 0 saturated heterocycles. The molecular formula is C32H55N11O7. The molecule has 16 N–H and O–H groups in total. The van der Waals surface area contributed by atoms with Gasteiger partial charge in [0.25, 0.3) is 0 Å². The molecule has 18 nitrogen and oxygen atoms in total. The molecule has 0 radical (unpaired) electrons. The van der Waals surface area contributed by atoms with Crippen molar-refractivity contribution in [3.63, 3.8) is 0 Å². The van der Waals surface area contributed by atoms with Crippen LogP contribution in [0.1, 0.15) is 57.9 Å². The van der Waals surface area contributed by atoms with Gasteiger partial charge in [0.05, 0.1) is 19.2 Å². The van der Waals surface area contributed by atoms with E-state index in [1.165, 1.54) is 0 Å². The summed E-state index contributed by atoms with van der Waals surface area (Å²) < 4.78 is 0. The molecule has 6 amide bonds. The number of guanidine groups is 1. The quantitative estimate of drug-likeness (QED) is 0.0285. The molecule has 0 spiro atoms. The van der Waals surface area contributed by atoms with Gasteiger partial charge in [-0.2, -0.15) is 0 Å². The van der Waals surface area contributed by atoms with Gasteiger partial charge in [0.2, 0.25) is 35.4 Å². The first-order valence-electron chi connectivity index (χ1n) is 16.6. The lowest BCUT2D eigenvalue weighted by atomic mass is 10.00. The molecule has 0 aliphatic rings. The van der Waals surface area contributed by atoms with Gasteiger partial charge in [0.15, 0.2) is 5.96 Å². The van der Waals surface area contributed by atoms with E-state index in [1.54, 1.807) is 30.3 Å². The smallest absolute Gasteiger partial charge is 0.245 e. The van der Waals surface area contributed by atoms with Crippen LogP contribution in [0.2, 0.25) is 0 Å². The molecule has 0 unspecified atom stereocenters. The lowest BCUT2D eigenvalue weighted by Crippen LogP contribution is -2.59. The second kappa shape index (κ2) is 23.5. The molecule has 1 aromatic rings. The molecular weight excluding hydrogens is 650 g/mol. The fourth-order valence-electron chi connectivity index (χ4n) is 4.79. The van der Waals surface area contributed by atoms with E-state index in [9.17, 15) is 33.9 Å². The lowest BCUT2D eigenvalue weighted by molar-refractivity contribution is -0.135. The summed E-state index contributed by atoms with van der Waals surface area (Å²) in [7, 11) is 0. The van der Waals surface area contributed by atoms with Gasteiger partial charge in [-0.3, -0.25) is 34.2 Å². The van der Waals surface area contributed by atoms with Crippen LogP contribution in [0.3, 0.4) is 0 Å². The second-order valence-corrected chi connectivity index (χ2v) is 12.3. The van der Waals surface area contributed by atoms with Gasteiger partial charge in [0.1, 0.15) is 24.2 Å². The fraction of sp³-hybridized carbons (Fsp3) is 0.594. The summed E-state index contributed by atoms with van der Waals surface area (Å²) >= 11 is 0. The maximum atomic E-state index is 13.7. The van der Waals surface area contributed by atoms with Gasteiger partial charge >= 0.3 is 0 Å². The topological polar surface area (TPSA) is 323 Å². The van der Waals surface area contributed by atoms with E-state index in [4.69, 9.17) is 28.3 Å². The van der Waals surface area contributed by atoms with Crippen LogP contribution in [0.5, 0.6) is 0 Å². The summed E-state index contributed by atoms with van der Waals surface area (Å²) in [4.78, 5) is 77.4. The van der Waals surface area contributed by atoms with Gasteiger partial charge in [0, 0.05) is 13.0 Å². The molecule has 18 heteroatoms. The van der Waals surface area contributed by atoms with Crippen LogP contribution in [-0.4, -0.2) is 103 Å². The molecule has 1 aromatic carbocycles. The number of amides is 6. The van der Waals surface area contributed by atoms with Crippen LogP contribution in [-0.2, 0) is 35.2 Å². The van der Waals surface area contributed by atoms with E-state index >= 15 is 0 Å². The molecule has 1 rings (SSSR count). The Morgan fingerprint density at radius 2 is 1.32 bits per heavy atom. The van der Waals surface area contributed by atoms with E-state index in [1.807, 2.05) is 13.8 Å². The largest absolute Gasteiger partial charge is 0.394 e. The number of unbranched alkanes of at least 4 members (excludes halogenated alkanes) is 1. The lowest BCUT2D eigenvalue weighted by Gasteiger charge is -2.27. The summed E-state index contributed by atoms with van der Waals surface area (Å²) in [5, 5.41) is 32.5. The molecule has 0 aliphatic heterocycles. The summed E-state index contributed by atoms with van der Waals surface area (Å²) in [6.07, 6.45) is 2.06. The molecule has 0 bridgehead atoms. The molecule has 0 heterocycles. The Bertz CT molecular complexity index is 1270. The van der Waals surface area contributed by atoms with E-state index in [0.29, 0.717) is 25.8 Å². The van der Waals surface area contributed by atoms with E-state index < -0.39 is 78.8 Å². The second-order valence-electron chi connectivity index (χ2n) is 12.3. The van der Waals surface area contributed by atoms with Crippen molar-refractivity contribution in [2.45, 2.75) is 89.0 Å². The van der Waals surface area contributed by atoms with Crippen LogP contribution in [0, 0.1) is 11.3 Å². The molecule has 0 saturated carbocycles. The maximum absolute atomic E-state index is 13.7. The van der Waals surface area contributed by atoms with Crippen molar-refractivity contribution in [2.24, 2.45) is 28.9 Å². The first kappa shape index (κ1) is 43.2. The average molecular weight is 706 g/mol. The standard InChI is InChI=1S/C32H55N11O7/c1-19(2)15-23(30(49)42-24(28(47)39-17-26(35)45)16-20-9-4-3-5-10-20)41-29(48)22(12-8-14-38-32(36)37)40-31(50)25(18-44)43-27(46)21(34)11-6-7-13-33/h3-5,9-10,19,21-25,44H,6-8,11-18,33-34H2,1-2H3,(H2,35,45)(H,39,47)(H,40,50)(H,41,48)(H,42,49)(H,43,46)(H4,36,37,38)/t21-,22-,23-,24-,25-/m0/s1. The predicted molar refractivity (Wildman–Crippen MR) is 187 cm³/mol. The van der Waals surface area contributed by atoms with Crippen molar-refractivity contribution in [1.29, 1.82) is 5.41 Å². The molecule has 5 atom stereocenters. The highest BCUT2D eigenvalue weighted by Crippen LogP contribution is 2.10. The zero-order chi connectivity index (χ0) is 37.6. The SMILES string of the molecule is CC(C)C[C@H](NC(=O)[C@H](CCCNC(=N)N)NC(=O)[C@H](CO)NC(=O)[C@@H](N)CCCCN)C(=O)N[C@@H](Cc1ccccc1)C(=O)NCC(N)=O. The number of hydrogen-bond acceptors (Lipinski definition) is 10. The highest BCUT2D eigenvalue weighted by Gasteiger charge is 2.32. The number of carbonyl (C=O) groups excluding carboxylic acids is 6. The fourth-order valence-corrected chi connectivity index (χ4v) is 4.79. The van der Waals surface area contributed by atoms with Crippen LogP contribution < -0.4 is 54.8 Å². The number of carbonyl (C=O) groups is 6. The minimum Gasteiger partial charge on any atom is -0.394 e. The van der Waals surface area contributed by atoms with Crippen molar-refractivity contribution in [1.82, 2.24) is 31.9 Å². The number of rotatable bonds is 24. The number of aliphatic hydroxyl groups is 1. The molecule has 0 aliphatic carbocycles. The average Bonchev–Trinajstić information content (AvgIpc) is 3.06. The predicted octanol–water partition coefficient (Wildman–Crippen LogP) is -3.47. The minimum absolute atomic E-state index is 0.0186. The number of nitrogens with one attached hydrogen (secondary N) is 7. The number of aliphatic hydroxyl groups excluding tert-OH is 1. The Labute approximate surface area is 292 Å². The zero-order valence-corrected chi connectivity index (χ0v) is 28.8. The summed E-state index contributed by atoms with van der Waals surface area (Å²) in [6.45, 7) is 3.05. The van der Waals surface area contributed by atoms with Crippen molar-refractivity contribution in [3.05, 3.63) is 35.9 Å². The van der Waals surface area contributed by atoms with Crippen LogP contribution in [0.15, 0.2) is 30.3 Å². The van der Waals surface area contributed by atoms with Gasteiger partial charge in [-0.25, -0.2) is 0 Å². The van der Waals surface area contributed by atoms with Crippen molar-refractivity contribution in [2.75, 3.05) is 26.2 Å². The first-order valence-corrected chi connectivity index (χ1v) is 16.6. The molecule has 50 heavy (non-hydrogen) atoms. The zero-order valence-electron chi connectivity index (χ0n) is 28.8. The van der Waals surface area contributed by atoms with Gasteiger partial charge in [-0.05, 0) is 50.1 Å². The van der Waals surface area contributed by atoms with E-state index in [2.05, 4.69) is 31.9 Å². The number of hydrogen-bond donors (Lipinski definition) is 12. The Balaban J connectivity index is 3.19. The molecule has 0 aromatic heterocycles. The maximum Gasteiger partial charge on any atom is 0.245 e. The number of nitrogens with two attached hydrogens (primary N) is 4. The van der Waals surface area contributed by atoms with Gasteiger partial charge in [-0.1, -0.05) is 50.6 Å². The molecule has 0 fully saturated rings. The van der Waals surface area contributed by atoms with Crippen LogP contribution in [0.4, 0.5) is 0 Å². The monoisotopic (exact) mass is 705 g/mol. The summed E-state index contributed by atoms with van der Waals surface area (Å²) in [5.74, 6) is -4.79. The Morgan fingerprint density at radius 1 is 0.740 bits per heavy atom. The third kappa shape index (κ3) is 17.5.